The number of amides is 1. The molecule has 80 valence electrons. The Labute approximate surface area is 89.3 Å². The van der Waals surface area contributed by atoms with Crippen molar-refractivity contribution >= 4 is 11.6 Å². The van der Waals surface area contributed by atoms with Gasteiger partial charge in [0.25, 0.3) is 0 Å². The fraction of sp³-hybridized carbons (Fsp3) is 0.417. The molecule has 0 aromatic heterocycles. The summed E-state index contributed by atoms with van der Waals surface area (Å²) in [5, 5.41) is 9.34. The van der Waals surface area contributed by atoms with E-state index in [0.717, 1.165) is 5.69 Å². The summed E-state index contributed by atoms with van der Waals surface area (Å²) in [7, 11) is 0. The fourth-order valence-electron chi connectivity index (χ4n) is 1.81. The van der Waals surface area contributed by atoms with Gasteiger partial charge >= 0.3 is 0 Å². The number of anilines is 1. The van der Waals surface area contributed by atoms with Gasteiger partial charge in [0.2, 0.25) is 5.91 Å². The van der Waals surface area contributed by atoms with Gasteiger partial charge < -0.3 is 10.0 Å². The number of aryl methyl sites for hydroxylation is 1. The van der Waals surface area contributed by atoms with Crippen LogP contribution in [0.3, 0.4) is 0 Å². The number of nitrogens with zero attached hydrogens (tertiary/aromatic N) is 1. The molecular formula is C12H15NO2. The smallest absolute Gasteiger partial charge is 0.229 e. The molecule has 0 bridgehead atoms. The number of piperidine rings is 1. The molecule has 1 N–H and O–H groups in total. The van der Waals surface area contributed by atoms with Crippen molar-refractivity contribution in [2.45, 2.75) is 25.9 Å². The Hall–Kier alpha value is -1.35. The van der Waals surface area contributed by atoms with Crippen molar-refractivity contribution in [2.75, 3.05) is 11.4 Å². The predicted octanol–water partition coefficient (Wildman–Crippen LogP) is 1.48. The van der Waals surface area contributed by atoms with Crippen LogP contribution >= 0.6 is 0 Å². The molecule has 1 fully saturated rings. The number of rotatable bonds is 1. The van der Waals surface area contributed by atoms with Crippen LogP contribution in [-0.4, -0.2) is 23.7 Å². The molecule has 3 heteroatoms. The number of aliphatic hydroxyl groups is 1. The lowest BCUT2D eigenvalue weighted by atomic mass is 10.1. The summed E-state index contributed by atoms with van der Waals surface area (Å²) < 4.78 is 0. The summed E-state index contributed by atoms with van der Waals surface area (Å²) in [5.41, 5.74) is 2.11. The van der Waals surface area contributed by atoms with Crippen molar-refractivity contribution in [3.63, 3.8) is 0 Å². The molecule has 1 amide bonds. The molecule has 1 unspecified atom stereocenters. The number of carbonyl (C=O) groups is 1. The topological polar surface area (TPSA) is 40.5 Å². The van der Waals surface area contributed by atoms with Gasteiger partial charge in [0, 0.05) is 12.2 Å². The minimum absolute atomic E-state index is 0.0117. The van der Waals surface area contributed by atoms with Crippen molar-refractivity contribution in [1.82, 2.24) is 0 Å². The third-order valence-electron chi connectivity index (χ3n) is 2.74. The maximum Gasteiger partial charge on any atom is 0.229 e. The van der Waals surface area contributed by atoms with E-state index in [4.69, 9.17) is 0 Å². The predicted molar refractivity (Wildman–Crippen MR) is 58.8 cm³/mol. The summed E-state index contributed by atoms with van der Waals surface area (Å²) in [6.07, 6.45) is 0.451. The van der Waals surface area contributed by atoms with Gasteiger partial charge in [0.15, 0.2) is 0 Å². The van der Waals surface area contributed by atoms with E-state index in [1.807, 2.05) is 31.2 Å². The van der Waals surface area contributed by atoms with Gasteiger partial charge in [-0.05, 0) is 25.5 Å². The van der Waals surface area contributed by atoms with E-state index in [1.54, 1.807) is 4.90 Å². The van der Waals surface area contributed by atoms with E-state index in [-0.39, 0.29) is 12.3 Å². The number of aliphatic hydroxyl groups excluding tert-OH is 1. The van der Waals surface area contributed by atoms with Gasteiger partial charge in [0.1, 0.15) is 0 Å². The van der Waals surface area contributed by atoms with Crippen molar-refractivity contribution in [3.8, 4) is 0 Å². The third-order valence-corrected chi connectivity index (χ3v) is 2.74. The average molecular weight is 205 g/mol. The zero-order chi connectivity index (χ0) is 10.8. The molecule has 0 spiro atoms. The number of benzene rings is 1. The highest BCUT2D eigenvalue weighted by Crippen LogP contribution is 2.21. The van der Waals surface area contributed by atoms with E-state index in [0.29, 0.717) is 13.0 Å². The summed E-state index contributed by atoms with van der Waals surface area (Å²) >= 11 is 0. The van der Waals surface area contributed by atoms with Crippen LogP contribution in [0.25, 0.3) is 0 Å². The highest BCUT2D eigenvalue weighted by Gasteiger charge is 2.24. The van der Waals surface area contributed by atoms with E-state index < -0.39 is 6.10 Å². The first-order valence-corrected chi connectivity index (χ1v) is 5.22. The lowest BCUT2D eigenvalue weighted by Crippen LogP contribution is -2.40. The van der Waals surface area contributed by atoms with Gasteiger partial charge in [0.05, 0.1) is 12.5 Å². The van der Waals surface area contributed by atoms with Gasteiger partial charge in [-0.3, -0.25) is 4.79 Å². The monoisotopic (exact) mass is 205 g/mol. The Kier molecular flexibility index (Phi) is 2.73. The standard InChI is InChI=1S/C12H15NO2/c1-9-2-4-10(5-3-9)13-7-6-11(14)8-12(13)15/h2-5,11,14H,6-8H2,1H3. The minimum atomic E-state index is -0.459. The van der Waals surface area contributed by atoms with E-state index >= 15 is 0 Å². The Balaban J connectivity index is 2.17. The quantitative estimate of drug-likeness (QED) is 0.754. The summed E-state index contributed by atoms with van der Waals surface area (Å²) in [6, 6.07) is 7.89. The maximum atomic E-state index is 11.7. The highest BCUT2D eigenvalue weighted by molar-refractivity contribution is 5.94. The highest BCUT2D eigenvalue weighted by atomic mass is 16.3. The molecular weight excluding hydrogens is 190 g/mol. The number of carbonyl (C=O) groups excluding carboxylic acids is 1. The van der Waals surface area contributed by atoms with Crippen LogP contribution in [0.1, 0.15) is 18.4 Å². The zero-order valence-electron chi connectivity index (χ0n) is 8.81. The van der Waals surface area contributed by atoms with Crippen molar-refractivity contribution < 1.29 is 9.90 Å². The second-order valence-corrected chi connectivity index (χ2v) is 4.03. The first-order valence-electron chi connectivity index (χ1n) is 5.22. The van der Waals surface area contributed by atoms with Crippen LogP contribution in [0.5, 0.6) is 0 Å². The third kappa shape index (κ3) is 2.18. The fourth-order valence-corrected chi connectivity index (χ4v) is 1.81. The molecule has 1 aliphatic heterocycles. The van der Waals surface area contributed by atoms with Crippen LogP contribution in [0.15, 0.2) is 24.3 Å². The summed E-state index contributed by atoms with van der Waals surface area (Å²) in [5.74, 6) is 0.0117. The summed E-state index contributed by atoms with van der Waals surface area (Å²) in [4.78, 5) is 13.4. The van der Waals surface area contributed by atoms with Crippen molar-refractivity contribution in [2.24, 2.45) is 0 Å². The van der Waals surface area contributed by atoms with E-state index in [1.165, 1.54) is 5.56 Å². The largest absolute Gasteiger partial charge is 0.393 e. The molecule has 1 heterocycles. The molecule has 1 atom stereocenters. The molecule has 1 saturated heterocycles. The molecule has 15 heavy (non-hydrogen) atoms. The van der Waals surface area contributed by atoms with E-state index in [9.17, 15) is 9.90 Å². The first-order chi connectivity index (χ1) is 7.16. The van der Waals surface area contributed by atoms with Crippen LogP contribution in [0.4, 0.5) is 5.69 Å². The average Bonchev–Trinajstić information content (AvgIpc) is 2.20. The molecule has 3 nitrogen and oxygen atoms in total. The molecule has 1 aromatic carbocycles. The molecule has 0 aliphatic carbocycles. The normalized spacial score (nSPS) is 21.9. The molecule has 1 aliphatic rings. The molecule has 0 saturated carbocycles. The Morgan fingerprint density at radius 1 is 1.33 bits per heavy atom. The second kappa shape index (κ2) is 4.03. The number of hydrogen-bond donors (Lipinski definition) is 1. The van der Waals surface area contributed by atoms with E-state index in [2.05, 4.69) is 0 Å². The van der Waals surface area contributed by atoms with Crippen LogP contribution < -0.4 is 4.90 Å². The van der Waals surface area contributed by atoms with Gasteiger partial charge in [-0.1, -0.05) is 17.7 Å². The van der Waals surface area contributed by atoms with Gasteiger partial charge in [-0.15, -0.1) is 0 Å². The van der Waals surface area contributed by atoms with Crippen LogP contribution in [-0.2, 0) is 4.79 Å². The first kappa shape index (κ1) is 10.2. The Morgan fingerprint density at radius 2 is 2.00 bits per heavy atom. The molecule has 2 rings (SSSR count). The zero-order valence-corrected chi connectivity index (χ0v) is 8.81. The van der Waals surface area contributed by atoms with Crippen molar-refractivity contribution in [3.05, 3.63) is 29.8 Å². The maximum absolute atomic E-state index is 11.7. The van der Waals surface area contributed by atoms with Crippen LogP contribution in [0.2, 0.25) is 0 Å². The molecule has 1 aromatic rings. The van der Waals surface area contributed by atoms with Gasteiger partial charge in [-0.25, -0.2) is 0 Å². The lowest BCUT2D eigenvalue weighted by molar-refractivity contribution is -0.122. The Bertz CT molecular complexity index is 358. The van der Waals surface area contributed by atoms with Crippen molar-refractivity contribution in [1.29, 1.82) is 0 Å². The number of hydrogen-bond acceptors (Lipinski definition) is 2. The second-order valence-electron chi connectivity index (χ2n) is 4.03. The van der Waals surface area contributed by atoms with Crippen LogP contribution in [0, 0.1) is 6.92 Å². The minimum Gasteiger partial charge on any atom is -0.393 e. The lowest BCUT2D eigenvalue weighted by Gasteiger charge is -2.29. The Morgan fingerprint density at radius 3 is 2.60 bits per heavy atom. The van der Waals surface area contributed by atoms with Gasteiger partial charge in [-0.2, -0.15) is 0 Å². The molecule has 0 radical (unpaired) electrons. The SMILES string of the molecule is Cc1ccc(N2CCC(O)CC2=O)cc1. The summed E-state index contributed by atoms with van der Waals surface area (Å²) in [6.45, 7) is 2.63.